The van der Waals surface area contributed by atoms with Crippen molar-refractivity contribution in [1.82, 2.24) is 14.8 Å². The smallest absolute Gasteiger partial charge is 0.339 e. The van der Waals surface area contributed by atoms with Gasteiger partial charge in [-0.05, 0) is 62.2 Å². The fourth-order valence-electron chi connectivity index (χ4n) is 4.18. The number of para-hydroxylation sites is 1. The molecule has 2 aromatic heterocycles. The third-order valence-electron chi connectivity index (χ3n) is 6.23. The summed E-state index contributed by atoms with van der Waals surface area (Å²) in [4.78, 5) is 30.7. The summed E-state index contributed by atoms with van der Waals surface area (Å²) in [7, 11) is 0. The average molecular weight is 491 g/mol. The molecule has 0 saturated carbocycles. The van der Waals surface area contributed by atoms with Crippen LogP contribution < -0.4 is 5.32 Å². The highest BCUT2D eigenvalue weighted by Gasteiger charge is 2.22. The SMILES string of the molecule is Cc1ccc(NC(=O)COC(=O)c2cc(-c3ccccc3)nc3c2c(C)nn3-c2ccccc2)cc1C. The summed E-state index contributed by atoms with van der Waals surface area (Å²) in [5, 5.41) is 8.04. The third-order valence-corrected chi connectivity index (χ3v) is 6.23. The van der Waals surface area contributed by atoms with Crippen LogP contribution in [0, 0.1) is 20.8 Å². The highest BCUT2D eigenvalue weighted by Crippen LogP contribution is 2.29. The molecule has 2 heterocycles. The lowest BCUT2D eigenvalue weighted by Gasteiger charge is -2.11. The first kappa shape index (κ1) is 23.9. The van der Waals surface area contributed by atoms with Crippen LogP contribution in [0.15, 0.2) is 84.9 Å². The summed E-state index contributed by atoms with van der Waals surface area (Å²) < 4.78 is 7.19. The van der Waals surface area contributed by atoms with Gasteiger partial charge < -0.3 is 10.1 Å². The Labute approximate surface area is 214 Å². The number of carbonyl (C=O) groups excluding carboxylic acids is 2. The fraction of sp³-hybridized carbons (Fsp3) is 0.133. The second-order valence-electron chi connectivity index (χ2n) is 8.88. The average Bonchev–Trinajstić information content (AvgIpc) is 3.26. The highest BCUT2D eigenvalue weighted by molar-refractivity contribution is 6.06. The van der Waals surface area contributed by atoms with Crippen molar-refractivity contribution >= 4 is 28.6 Å². The van der Waals surface area contributed by atoms with Gasteiger partial charge in [-0.1, -0.05) is 54.6 Å². The van der Waals surface area contributed by atoms with E-state index in [1.54, 1.807) is 10.7 Å². The number of aryl methyl sites for hydroxylation is 3. The Bertz CT molecular complexity index is 1610. The van der Waals surface area contributed by atoms with Crippen LogP contribution in [0.4, 0.5) is 5.69 Å². The van der Waals surface area contributed by atoms with Gasteiger partial charge in [0, 0.05) is 11.3 Å². The summed E-state index contributed by atoms with van der Waals surface area (Å²) in [5.74, 6) is -1.03. The normalized spacial score (nSPS) is 10.9. The van der Waals surface area contributed by atoms with Crippen molar-refractivity contribution in [2.45, 2.75) is 20.8 Å². The number of pyridine rings is 1. The van der Waals surface area contributed by atoms with Crippen molar-refractivity contribution in [2.75, 3.05) is 11.9 Å². The number of benzene rings is 3. The molecule has 0 unspecified atom stereocenters. The van der Waals surface area contributed by atoms with E-state index < -0.39 is 18.5 Å². The van der Waals surface area contributed by atoms with E-state index in [9.17, 15) is 9.59 Å². The van der Waals surface area contributed by atoms with Crippen molar-refractivity contribution in [1.29, 1.82) is 0 Å². The van der Waals surface area contributed by atoms with Crippen LogP contribution in [0.5, 0.6) is 0 Å². The summed E-state index contributed by atoms with van der Waals surface area (Å²) in [6.45, 7) is 5.39. The van der Waals surface area contributed by atoms with Crippen molar-refractivity contribution < 1.29 is 14.3 Å². The molecule has 184 valence electrons. The van der Waals surface area contributed by atoms with Crippen molar-refractivity contribution in [3.05, 3.63) is 107 Å². The molecular weight excluding hydrogens is 464 g/mol. The standard InChI is InChI=1S/C30H26N4O3/c1-19-14-15-23(16-20(19)2)31-27(35)18-37-30(36)25-17-26(22-10-6-4-7-11-22)32-29-28(25)21(3)33-34(29)24-12-8-5-9-13-24/h4-17H,18H2,1-3H3,(H,31,35). The third kappa shape index (κ3) is 4.97. The molecule has 1 amide bonds. The number of aromatic nitrogens is 3. The van der Waals surface area contributed by atoms with E-state index in [1.807, 2.05) is 99.6 Å². The molecule has 37 heavy (non-hydrogen) atoms. The number of hydrogen-bond acceptors (Lipinski definition) is 5. The zero-order valence-corrected chi connectivity index (χ0v) is 20.9. The van der Waals surface area contributed by atoms with Crippen molar-refractivity contribution in [2.24, 2.45) is 0 Å². The van der Waals surface area contributed by atoms with Crippen molar-refractivity contribution in [3.63, 3.8) is 0 Å². The maximum Gasteiger partial charge on any atom is 0.339 e. The molecule has 0 bridgehead atoms. The van der Waals surface area contributed by atoms with Crippen molar-refractivity contribution in [3.8, 4) is 16.9 Å². The number of nitrogens with one attached hydrogen (secondary N) is 1. The van der Waals surface area contributed by atoms with Gasteiger partial charge in [0.15, 0.2) is 12.3 Å². The van der Waals surface area contributed by atoms with E-state index in [0.717, 1.165) is 22.4 Å². The maximum atomic E-state index is 13.3. The molecule has 5 aromatic rings. The Morgan fingerprint density at radius 1 is 0.865 bits per heavy atom. The maximum absolute atomic E-state index is 13.3. The molecule has 0 atom stereocenters. The summed E-state index contributed by atoms with van der Waals surface area (Å²) >= 11 is 0. The molecule has 3 aromatic carbocycles. The van der Waals surface area contributed by atoms with Gasteiger partial charge in [0.25, 0.3) is 5.91 Å². The van der Waals surface area contributed by atoms with Crippen LogP contribution >= 0.6 is 0 Å². The molecular formula is C30H26N4O3. The zero-order valence-electron chi connectivity index (χ0n) is 20.9. The van der Waals surface area contributed by atoms with Crippen LogP contribution in [0.25, 0.3) is 28.0 Å². The number of carbonyl (C=O) groups is 2. The van der Waals surface area contributed by atoms with E-state index in [1.165, 1.54) is 0 Å². The Hall–Kier alpha value is -4.78. The molecule has 7 heteroatoms. The van der Waals surface area contributed by atoms with E-state index >= 15 is 0 Å². The fourth-order valence-corrected chi connectivity index (χ4v) is 4.18. The Balaban J connectivity index is 1.49. The predicted octanol–water partition coefficient (Wildman–Crippen LogP) is 5.81. The monoisotopic (exact) mass is 490 g/mol. The number of anilines is 1. The van der Waals surface area contributed by atoms with Gasteiger partial charge in [-0.25, -0.2) is 14.5 Å². The first-order valence-corrected chi connectivity index (χ1v) is 12.0. The van der Waals surface area contributed by atoms with Gasteiger partial charge in [-0.2, -0.15) is 5.10 Å². The molecule has 0 aliphatic carbocycles. The van der Waals surface area contributed by atoms with Gasteiger partial charge in [0.2, 0.25) is 0 Å². The predicted molar refractivity (Wildman–Crippen MR) is 144 cm³/mol. The summed E-state index contributed by atoms with van der Waals surface area (Å²) in [6.07, 6.45) is 0. The van der Waals surface area contributed by atoms with Gasteiger partial charge >= 0.3 is 5.97 Å². The van der Waals surface area contributed by atoms with Crippen LogP contribution in [0.1, 0.15) is 27.2 Å². The molecule has 0 aliphatic heterocycles. The number of ether oxygens (including phenoxy) is 1. The highest BCUT2D eigenvalue weighted by atomic mass is 16.5. The van der Waals surface area contributed by atoms with Gasteiger partial charge in [-0.3, -0.25) is 4.79 Å². The van der Waals surface area contributed by atoms with E-state index in [2.05, 4.69) is 10.4 Å². The minimum atomic E-state index is -0.615. The minimum Gasteiger partial charge on any atom is -0.452 e. The first-order chi connectivity index (χ1) is 17.9. The molecule has 0 spiro atoms. The largest absolute Gasteiger partial charge is 0.452 e. The van der Waals surface area contributed by atoms with Gasteiger partial charge in [-0.15, -0.1) is 0 Å². The lowest BCUT2D eigenvalue weighted by molar-refractivity contribution is -0.119. The zero-order chi connectivity index (χ0) is 25.9. The Kier molecular flexibility index (Phi) is 6.51. The number of fused-ring (bicyclic) bond motifs is 1. The summed E-state index contributed by atoms with van der Waals surface area (Å²) in [5.41, 5.74) is 6.62. The van der Waals surface area contributed by atoms with Crippen LogP contribution in [0.3, 0.4) is 0 Å². The van der Waals surface area contributed by atoms with Crippen LogP contribution in [0.2, 0.25) is 0 Å². The molecule has 5 rings (SSSR count). The number of nitrogens with zero attached hydrogens (tertiary/aromatic N) is 3. The van der Waals surface area contributed by atoms with Crippen LogP contribution in [-0.4, -0.2) is 33.2 Å². The Morgan fingerprint density at radius 2 is 1.57 bits per heavy atom. The van der Waals surface area contributed by atoms with Gasteiger partial charge in [0.1, 0.15) is 0 Å². The second-order valence-corrected chi connectivity index (χ2v) is 8.88. The van der Waals surface area contributed by atoms with E-state index in [0.29, 0.717) is 33.7 Å². The van der Waals surface area contributed by atoms with Gasteiger partial charge in [0.05, 0.1) is 28.0 Å². The topological polar surface area (TPSA) is 86.1 Å². The first-order valence-electron chi connectivity index (χ1n) is 12.0. The number of rotatable bonds is 6. The minimum absolute atomic E-state index is 0.308. The number of hydrogen-bond donors (Lipinski definition) is 1. The molecule has 7 nitrogen and oxygen atoms in total. The van der Waals surface area contributed by atoms with E-state index in [4.69, 9.17) is 9.72 Å². The number of esters is 1. The number of amides is 1. The Morgan fingerprint density at radius 3 is 2.27 bits per heavy atom. The molecule has 0 aliphatic rings. The quantitative estimate of drug-likeness (QED) is 0.304. The molecule has 0 radical (unpaired) electrons. The summed E-state index contributed by atoms with van der Waals surface area (Å²) in [6, 6.07) is 26.6. The molecule has 0 saturated heterocycles. The lowest BCUT2D eigenvalue weighted by Crippen LogP contribution is -2.21. The second kappa shape index (κ2) is 10.1. The molecule has 1 N–H and O–H groups in total. The lowest BCUT2D eigenvalue weighted by atomic mass is 10.1. The van der Waals surface area contributed by atoms with Crippen LogP contribution in [-0.2, 0) is 9.53 Å². The van der Waals surface area contributed by atoms with E-state index in [-0.39, 0.29) is 0 Å². The molecule has 0 fully saturated rings.